The maximum atomic E-state index is 12.4. The summed E-state index contributed by atoms with van der Waals surface area (Å²) in [7, 11) is 0. The molecule has 4 rings (SSSR count). The van der Waals surface area contributed by atoms with E-state index < -0.39 is 0 Å². The number of hydrogen-bond acceptors (Lipinski definition) is 2. The molecule has 2 aromatic carbocycles. The van der Waals surface area contributed by atoms with Crippen molar-refractivity contribution >= 4 is 5.91 Å². The summed E-state index contributed by atoms with van der Waals surface area (Å²) in [6.45, 7) is 5.54. The van der Waals surface area contributed by atoms with Gasteiger partial charge in [-0.2, -0.15) is 0 Å². The van der Waals surface area contributed by atoms with Gasteiger partial charge in [0.05, 0.1) is 6.54 Å². The highest BCUT2D eigenvalue weighted by atomic mass is 16.2. The summed E-state index contributed by atoms with van der Waals surface area (Å²) in [6, 6.07) is 18.3. The van der Waals surface area contributed by atoms with E-state index >= 15 is 0 Å². The van der Waals surface area contributed by atoms with E-state index in [0.29, 0.717) is 18.5 Å². The van der Waals surface area contributed by atoms with Crippen LogP contribution in [0.2, 0.25) is 0 Å². The van der Waals surface area contributed by atoms with E-state index in [0.717, 1.165) is 25.8 Å². The van der Waals surface area contributed by atoms with Crippen molar-refractivity contribution in [2.24, 2.45) is 0 Å². The first kappa shape index (κ1) is 17.3. The number of fused-ring (bicyclic) bond motifs is 2. The van der Waals surface area contributed by atoms with Crippen LogP contribution in [0.1, 0.15) is 48.4 Å². The van der Waals surface area contributed by atoms with Gasteiger partial charge in [-0.3, -0.25) is 4.79 Å². The Bertz CT molecular complexity index is 753. The minimum absolute atomic E-state index is 0.228. The molecule has 2 aliphatic rings. The van der Waals surface area contributed by atoms with E-state index in [9.17, 15) is 4.79 Å². The van der Waals surface area contributed by atoms with Crippen LogP contribution < -0.4 is 5.32 Å². The zero-order valence-corrected chi connectivity index (χ0v) is 15.7. The zero-order chi connectivity index (χ0) is 18.1. The van der Waals surface area contributed by atoms with Crippen molar-refractivity contribution < 1.29 is 4.79 Å². The van der Waals surface area contributed by atoms with E-state index in [1.54, 1.807) is 0 Å². The number of piperazine rings is 1. The third kappa shape index (κ3) is 3.05. The maximum absolute atomic E-state index is 12.4. The molecule has 1 saturated heterocycles. The number of rotatable bonds is 3. The highest BCUT2D eigenvalue weighted by molar-refractivity contribution is 5.79. The van der Waals surface area contributed by atoms with Crippen LogP contribution in [0.4, 0.5) is 0 Å². The first-order chi connectivity index (χ1) is 12.7. The molecular weight excluding hydrogens is 320 g/mol. The molecule has 0 saturated carbocycles. The lowest BCUT2D eigenvalue weighted by atomic mass is 9.81. The minimum atomic E-state index is 0.228. The minimum Gasteiger partial charge on any atom is -0.337 e. The molecule has 136 valence electrons. The molecule has 1 heterocycles. The third-order valence-electron chi connectivity index (χ3n) is 6.20. The maximum Gasteiger partial charge on any atom is 0.236 e. The molecule has 1 amide bonds. The Hall–Kier alpha value is -2.13. The van der Waals surface area contributed by atoms with Gasteiger partial charge in [-0.25, -0.2) is 0 Å². The highest BCUT2D eigenvalue weighted by Crippen LogP contribution is 2.37. The van der Waals surface area contributed by atoms with Crippen LogP contribution >= 0.6 is 0 Å². The van der Waals surface area contributed by atoms with Gasteiger partial charge < -0.3 is 10.2 Å². The van der Waals surface area contributed by atoms with Gasteiger partial charge in [0, 0.05) is 24.5 Å². The van der Waals surface area contributed by atoms with E-state index in [4.69, 9.17) is 0 Å². The molecule has 0 spiro atoms. The highest BCUT2D eigenvalue weighted by Gasteiger charge is 2.36. The van der Waals surface area contributed by atoms with Crippen molar-refractivity contribution in [3.05, 3.63) is 70.8 Å². The normalized spacial score (nSPS) is 21.7. The standard InChI is InChI=1S/C23H28N2O/c1-3-16(2)25-15-21(24-14-22(25)26)23-19-10-6-4-8-17(19)12-13-18-9-5-7-11-20(18)23/h4-11,16,21,23-24H,3,12-15H2,1-2H3. The molecule has 3 heteroatoms. The fourth-order valence-electron chi connectivity index (χ4n) is 4.57. The van der Waals surface area contributed by atoms with E-state index in [1.165, 1.54) is 22.3 Å². The van der Waals surface area contributed by atoms with Crippen molar-refractivity contribution in [3.8, 4) is 0 Å². The van der Waals surface area contributed by atoms with Gasteiger partial charge in [0.1, 0.15) is 0 Å². The monoisotopic (exact) mass is 348 g/mol. The summed E-state index contributed by atoms with van der Waals surface area (Å²) in [5, 5.41) is 3.57. The topological polar surface area (TPSA) is 32.3 Å². The lowest BCUT2D eigenvalue weighted by molar-refractivity contribution is -0.135. The van der Waals surface area contributed by atoms with Crippen molar-refractivity contribution in [2.45, 2.75) is 51.1 Å². The second-order valence-electron chi connectivity index (χ2n) is 7.67. The summed E-state index contributed by atoms with van der Waals surface area (Å²) in [4.78, 5) is 14.5. The van der Waals surface area contributed by atoms with Crippen molar-refractivity contribution in [2.75, 3.05) is 13.1 Å². The molecule has 3 nitrogen and oxygen atoms in total. The average molecular weight is 348 g/mol. The van der Waals surface area contributed by atoms with Crippen LogP contribution in [-0.2, 0) is 17.6 Å². The molecular formula is C23H28N2O. The molecule has 1 fully saturated rings. The molecule has 1 aliphatic heterocycles. The van der Waals surface area contributed by atoms with Crippen molar-refractivity contribution in [1.29, 1.82) is 0 Å². The Kier molecular flexibility index (Phi) is 4.82. The molecule has 26 heavy (non-hydrogen) atoms. The predicted molar refractivity (Wildman–Crippen MR) is 105 cm³/mol. The van der Waals surface area contributed by atoms with Crippen LogP contribution in [0.5, 0.6) is 0 Å². The number of aryl methyl sites for hydroxylation is 2. The Morgan fingerprint density at radius 1 is 1.04 bits per heavy atom. The van der Waals surface area contributed by atoms with Crippen LogP contribution in [0.3, 0.4) is 0 Å². The van der Waals surface area contributed by atoms with Gasteiger partial charge in [0.2, 0.25) is 5.91 Å². The number of amides is 1. The number of nitrogens with zero attached hydrogens (tertiary/aromatic N) is 1. The summed E-state index contributed by atoms with van der Waals surface area (Å²) >= 11 is 0. The summed E-state index contributed by atoms with van der Waals surface area (Å²) in [5.74, 6) is 0.523. The number of nitrogens with one attached hydrogen (secondary N) is 1. The number of carbonyl (C=O) groups excluding carboxylic acids is 1. The Labute approximate surface area is 156 Å². The summed E-state index contributed by atoms with van der Waals surface area (Å²) in [6.07, 6.45) is 3.17. The van der Waals surface area contributed by atoms with Gasteiger partial charge >= 0.3 is 0 Å². The van der Waals surface area contributed by atoms with Gasteiger partial charge in [-0.1, -0.05) is 55.5 Å². The first-order valence-electron chi connectivity index (χ1n) is 9.87. The van der Waals surface area contributed by atoms with Crippen LogP contribution in [-0.4, -0.2) is 36.0 Å². The molecule has 1 aliphatic carbocycles. The number of benzene rings is 2. The fourth-order valence-corrected chi connectivity index (χ4v) is 4.57. The van der Waals surface area contributed by atoms with Crippen molar-refractivity contribution in [3.63, 3.8) is 0 Å². The predicted octanol–water partition coefficient (Wildman–Crippen LogP) is 3.52. The Morgan fingerprint density at radius 3 is 2.19 bits per heavy atom. The lowest BCUT2D eigenvalue weighted by Crippen LogP contribution is -2.58. The lowest BCUT2D eigenvalue weighted by Gasteiger charge is -2.41. The van der Waals surface area contributed by atoms with E-state index in [-0.39, 0.29) is 11.9 Å². The number of hydrogen-bond donors (Lipinski definition) is 1. The molecule has 2 atom stereocenters. The van der Waals surface area contributed by atoms with Gasteiger partial charge in [0.25, 0.3) is 0 Å². The van der Waals surface area contributed by atoms with Crippen molar-refractivity contribution in [1.82, 2.24) is 10.2 Å². The summed E-state index contributed by atoms with van der Waals surface area (Å²) < 4.78 is 0. The molecule has 0 radical (unpaired) electrons. The third-order valence-corrected chi connectivity index (χ3v) is 6.20. The number of carbonyl (C=O) groups is 1. The van der Waals surface area contributed by atoms with Crippen LogP contribution in [0.25, 0.3) is 0 Å². The van der Waals surface area contributed by atoms with Gasteiger partial charge in [-0.05, 0) is 48.4 Å². The summed E-state index contributed by atoms with van der Waals surface area (Å²) in [5.41, 5.74) is 5.74. The molecule has 1 N–H and O–H groups in total. The zero-order valence-electron chi connectivity index (χ0n) is 15.7. The van der Waals surface area contributed by atoms with Crippen LogP contribution in [0, 0.1) is 0 Å². The van der Waals surface area contributed by atoms with E-state index in [1.807, 2.05) is 0 Å². The molecule has 2 unspecified atom stereocenters. The molecule has 2 aromatic rings. The van der Waals surface area contributed by atoms with Crippen LogP contribution in [0.15, 0.2) is 48.5 Å². The quantitative estimate of drug-likeness (QED) is 0.920. The smallest absolute Gasteiger partial charge is 0.236 e. The second-order valence-corrected chi connectivity index (χ2v) is 7.67. The Balaban J connectivity index is 1.76. The fraction of sp³-hybridized carbons (Fsp3) is 0.435. The molecule has 0 bridgehead atoms. The van der Waals surface area contributed by atoms with Gasteiger partial charge in [0.15, 0.2) is 0 Å². The largest absolute Gasteiger partial charge is 0.337 e. The second kappa shape index (κ2) is 7.24. The van der Waals surface area contributed by atoms with E-state index in [2.05, 4.69) is 72.6 Å². The average Bonchev–Trinajstić information content (AvgIpc) is 2.85. The van der Waals surface area contributed by atoms with Gasteiger partial charge in [-0.15, -0.1) is 0 Å². The molecule has 0 aromatic heterocycles. The first-order valence-corrected chi connectivity index (χ1v) is 9.87. The Morgan fingerprint density at radius 2 is 1.62 bits per heavy atom. The SMILES string of the molecule is CCC(C)N1CC(C2c3ccccc3CCc3ccccc32)NCC1=O.